The highest BCUT2D eigenvalue weighted by Crippen LogP contribution is 2.35. The molecule has 20 heavy (non-hydrogen) atoms. The van der Waals surface area contributed by atoms with Gasteiger partial charge in [-0.3, -0.25) is 0 Å². The van der Waals surface area contributed by atoms with Crippen LogP contribution in [-0.2, 0) is 0 Å². The maximum atomic E-state index is 13.6. The molecule has 1 N–H and O–H groups in total. The van der Waals surface area contributed by atoms with Crippen molar-refractivity contribution < 1.29 is 13.5 Å². The quantitative estimate of drug-likeness (QED) is 0.733. The Balaban J connectivity index is 2.45. The number of benzene rings is 1. The van der Waals surface area contributed by atoms with Gasteiger partial charge in [0, 0.05) is 11.5 Å². The fourth-order valence-corrected chi connectivity index (χ4v) is 2.31. The van der Waals surface area contributed by atoms with Gasteiger partial charge in [0.05, 0.1) is 5.02 Å². The van der Waals surface area contributed by atoms with Gasteiger partial charge < -0.3 is 10.1 Å². The molecule has 0 atom stereocenters. The molecule has 2 rings (SSSR count). The van der Waals surface area contributed by atoms with Gasteiger partial charge in [0.1, 0.15) is 10.8 Å². The number of hydrogen-bond acceptors (Lipinski definition) is 3. The number of nitrogens with zero attached hydrogens (tertiary/aromatic N) is 1. The normalized spacial score (nSPS) is 10.5. The van der Waals surface area contributed by atoms with Crippen LogP contribution in [0.3, 0.4) is 0 Å². The van der Waals surface area contributed by atoms with E-state index in [0.29, 0.717) is 10.3 Å². The van der Waals surface area contributed by atoms with Gasteiger partial charge in [-0.1, -0.05) is 39.1 Å². The molecule has 0 radical (unpaired) electrons. The summed E-state index contributed by atoms with van der Waals surface area (Å²) in [5.74, 6) is -2.30. The molecule has 0 spiro atoms. The van der Waals surface area contributed by atoms with E-state index < -0.39 is 11.6 Å². The Bertz CT molecular complexity index is 670. The maximum absolute atomic E-state index is 13.6. The Morgan fingerprint density at radius 3 is 2.55 bits per heavy atom. The molecular formula is C12H7BrCl2F2N2O. The molecule has 2 aromatic rings. The topological polar surface area (TPSA) is 34.2 Å². The van der Waals surface area contributed by atoms with Crippen LogP contribution in [0.4, 0.5) is 14.6 Å². The van der Waals surface area contributed by atoms with E-state index in [1.165, 1.54) is 12.1 Å². The molecule has 1 aromatic heterocycles. The number of aromatic nitrogens is 1. The fraction of sp³-hybridized carbons (Fsp3) is 0.0833. The minimum absolute atomic E-state index is 0.0776. The van der Waals surface area contributed by atoms with Crippen molar-refractivity contribution in [1.82, 2.24) is 4.98 Å². The van der Waals surface area contributed by atoms with Crippen LogP contribution in [-0.4, -0.2) is 12.0 Å². The highest BCUT2D eigenvalue weighted by atomic mass is 79.9. The van der Waals surface area contributed by atoms with Crippen molar-refractivity contribution in [1.29, 1.82) is 0 Å². The zero-order valence-corrected chi connectivity index (χ0v) is 13.1. The molecule has 0 aliphatic heterocycles. The van der Waals surface area contributed by atoms with Crippen molar-refractivity contribution in [2.45, 2.75) is 0 Å². The van der Waals surface area contributed by atoms with Crippen LogP contribution in [0.1, 0.15) is 0 Å². The predicted molar refractivity (Wildman–Crippen MR) is 77.9 cm³/mol. The largest absolute Gasteiger partial charge is 0.434 e. The van der Waals surface area contributed by atoms with E-state index in [2.05, 4.69) is 26.2 Å². The average molecular weight is 384 g/mol. The van der Waals surface area contributed by atoms with Crippen molar-refractivity contribution in [2.24, 2.45) is 0 Å². The zero-order chi connectivity index (χ0) is 14.9. The second-order valence-corrected chi connectivity index (χ2v) is 5.39. The second-order valence-electron chi connectivity index (χ2n) is 3.66. The molecule has 1 aromatic carbocycles. The first-order valence-electron chi connectivity index (χ1n) is 5.28. The first-order valence-corrected chi connectivity index (χ1v) is 6.83. The third-order valence-corrected chi connectivity index (χ3v) is 3.32. The van der Waals surface area contributed by atoms with Gasteiger partial charge in [-0.25, -0.2) is 4.39 Å². The molecule has 3 nitrogen and oxygen atoms in total. The van der Waals surface area contributed by atoms with Gasteiger partial charge >= 0.3 is 0 Å². The van der Waals surface area contributed by atoms with Crippen molar-refractivity contribution in [3.8, 4) is 11.6 Å². The van der Waals surface area contributed by atoms with Crippen molar-refractivity contribution in [3.63, 3.8) is 0 Å². The summed E-state index contributed by atoms with van der Waals surface area (Å²) in [5.41, 5.74) is 0. The summed E-state index contributed by atoms with van der Waals surface area (Å²) in [6.07, 6.45) is 0. The predicted octanol–water partition coefficient (Wildman–Crippen LogP) is 5.26. The standard InChI is InChI=1S/C12H7BrCl2F2N2O/c1-18-11-6(14)4-7(15)12(19-11)20-9-3-5(13)2-8(16)10(9)17/h2-4H,1H3,(H,18,19). The lowest BCUT2D eigenvalue weighted by molar-refractivity contribution is 0.405. The van der Waals surface area contributed by atoms with Crippen LogP contribution >= 0.6 is 39.1 Å². The third kappa shape index (κ3) is 3.13. The van der Waals surface area contributed by atoms with Gasteiger partial charge in [0.15, 0.2) is 11.6 Å². The first kappa shape index (κ1) is 15.3. The summed E-state index contributed by atoms with van der Waals surface area (Å²) < 4.78 is 32.4. The Morgan fingerprint density at radius 2 is 1.90 bits per heavy atom. The molecule has 0 aliphatic carbocycles. The number of ether oxygens (including phenoxy) is 1. The van der Waals surface area contributed by atoms with E-state index in [1.807, 2.05) is 0 Å². The molecule has 0 bridgehead atoms. The smallest absolute Gasteiger partial charge is 0.240 e. The van der Waals surface area contributed by atoms with Gasteiger partial charge in [0.2, 0.25) is 11.7 Å². The van der Waals surface area contributed by atoms with E-state index >= 15 is 0 Å². The number of pyridine rings is 1. The van der Waals surface area contributed by atoms with Crippen LogP contribution in [0.5, 0.6) is 11.6 Å². The molecular weight excluding hydrogens is 377 g/mol. The number of anilines is 1. The molecule has 0 saturated carbocycles. The van der Waals surface area contributed by atoms with E-state index in [-0.39, 0.29) is 21.7 Å². The summed E-state index contributed by atoms with van der Waals surface area (Å²) in [7, 11) is 1.60. The highest BCUT2D eigenvalue weighted by molar-refractivity contribution is 9.10. The monoisotopic (exact) mass is 382 g/mol. The summed E-state index contributed by atoms with van der Waals surface area (Å²) in [5, 5.41) is 3.09. The van der Waals surface area contributed by atoms with E-state index in [1.54, 1.807) is 7.05 Å². The fourth-order valence-electron chi connectivity index (χ4n) is 1.41. The second kappa shape index (κ2) is 6.11. The third-order valence-electron chi connectivity index (χ3n) is 2.30. The minimum atomic E-state index is -1.13. The number of nitrogens with one attached hydrogen (secondary N) is 1. The Hall–Kier alpha value is -1.11. The van der Waals surface area contributed by atoms with E-state index in [0.717, 1.165) is 6.07 Å². The lowest BCUT2D eigenvalue weighted by Gasteiger charge is -2.11. The van der Waals surface area contributed by atoms with Crippen LogP contribution in [0.2, 0.25) is 10.0 Å². The van der Waals surface area contributed by atoms with E-state index in [4.69, 9.17) is 27.9 Å². The van der Waals surface area contributed by atoms with Gasteiger partial charge in [-0.2, -0.15) is 9.37 Å². The summed E-state index contributed by atoms with van der Waals surface area (Å²) in [4.78, 5) is 3.98. The van der Waals surface area contributed by atoms with Crippen molar-refractivity contribution in [3.05, 3.63) is 44.4 Å². The molecule has 0 saturated heterocycles. The molecule has 1 heterocycles. The lowest BCUT2D eigenvalue weighted by Crippen LogP contribution is -1.98. The molecule has 0 fully saturated rings. The molecule has 0 amide bonds. The average Bonchev–Trinajstić information content (AvgIpc) is 2.38. The summed E-state index contributed by atoms with van der Waals surface area (Å²) in [6.45, 7) is 0. The van der Waals surface area contributed by atoms with Crippen LogP contribution < -0.4 is 10.1 Å². The number of rotatable bonds is 3. The van der Waals surface area contributed by atoms with Crippen molar-refractivity contribution >= 4 is 44.9 Å². The zero-order valence-electron chi connectivity index (χ0n) is 9.98. The lowest BCUT2D eigenvalue weighted by atomic mass is 10.3. The van der Waals surface area contributed by atoms with Crippen LogP contribution in [0.25, 0.3) is 0 Å². The molecule has 8 heteroatoms. The highest BCUT2D eigenvalue weighted by Gasteiger charge is 2.16. The van der Waals surface area contributed by atoms with E-state index in [9.17, 15) is 8.78 Å². The molecule has 106 valence electrons. The summed E-state index contributed by atoms with van der Waals surface area (Å²) >= 11 is 14.8. The van der Waals surface area contributed by atoms with Crippen LogP contribution in [0.15, 0.2) is 22.7 Å². The molecule has 0 unspecified atom stereocenters. The minimum Gasteiger partial charge on any atom is -0.434 e. The number of hydrogen-bond donors (Lipinski definition) is 1. The van der Waals surface area contributed by atoms with Crippen LogP contribution in [0, 0.1) is 11.6 Å². The maximum Gasteiger partial charge on any atom is 0.240 e. The van der Waals surface area contributed by atoms with Gasteiger partial charge in [-0.15, -0.1) is 0 Å². The van der Waals surface area contributed by atoms with Gasteiger partial charge in [0.25, 0.3) is 0 Å². The van der Waals surface area contributed by atoms with Crippen molar-refractivity contribution in [2.75, 3.05) is 12.4 Å². The Morgan fingerprint density at radius 1 is 1.20 bits per heavy atom. The molecule has 0 aliphatic rings. The summed E-state index contributed by atoms with van der Waals surface area (Å²) in [6, 6.07) is 3.64. The first-order chi connectivity index (χ1) is 9.42. The van der Waals surface area contributed by atoms with Gasteiger partial charge in [-0.05, 0) is 18.2 Å². The Labute approximate surface area is 132 Å². The Kier molecular flexibility index (Phi) is 4.67. The number of halogens is 5. The SMILES string of the molecule is CNc1nc(Oc2cc(Br)cc(F)c2F)c(Cl)cc1Cl.